The van der Waals surface area contributed by atoms with E-state index in [4.69, 9.17) is 5.11 Å². The van der Waals surface area contributed by atoms with Crippen molar-refractivity contribution >= 4 is 11.8 Å². The maximum absolute atomic E-state index is 11.1. The Bertz CT molecular complexity index is 263. The van der Waals surface area contributed by atoms with Crippen LogP contribution in [0.4, 0.5) is 0 Å². The highest BCUT2D eigenvalue weighted by molar-refractivity contribution is 6.12. The van der Waals surface area contributed by atoms with Gasteiger partial charge in [-0.05, 0) is 11.8 Å². The average molecular weight is 197 g/mol. The van der Waals surface area contributed by atoms with Crippen LogP contribution in [-0.2, 0) is 9.59 Å². The molecule has 0 saturated heterocycles. The number of hydrogen-bond donors (Lipinski definition) is 1. The minimum absolute atomic E-state index is 0.0522. The van der Waals surface area contributed by atoms with Crippen LogP contribution < -0.4 is 0 Å². The van der Waals surface area contributed by atoms with Gasteiger partial charge in [0.2, 0.25) is 0 Å². The molecule has 0 aromatic heterocycles. The van der Waals surface area contributed by atoms with E-state index in [-0.39, 0.29) is 23.8 Å². The maximum Gasteiger partial charge on any atom is 0.253 e. The van der Waals surface area contributed by atoms with Crippen LogP contribution in [0.1, 0.15) is 20.3 Å². The number of amides is 2. The molecule has 4 heteroatoms. The fraction of sp³-hybridized carbons (Fsp3) is 0.600. The molecule has 0 spiro atoms. The van der Waals surface area contributed by atoms with E-state index in [1.807, 2.05) is 13.8 Å². The summed E-state index contributed by atoms with van der Waals surface area (Å²) in [7, 11) is 0. The van der Waals surface area contributed by atoms with Gasteiger partial charge in [-0.1, -0.05) is 13.8 Å². The topological polar surface area (TPSA) is 57.6 Å². The van der Waals surface area contributed by atoms with Gasteiger partial charge in [0.05, 0.1) is 0 Å². The lowest BCUT2D eigenvalue weighted by molar-refractivity contribution is -0.137. The molecule has 1 heterocycles. The molecule has 14 heavy (non-hydrogen) atoms. The Morgan fingerprint density at radius 2 is 1.79 bits per heavy atom. The molecule has 0 aromatic rings. The third-order valence-electron chi connectivity index (χ3n) is 2.34. The molecule has 0 atom stereocenters. The fourth-order valence-electron chi connectivity index (χ4n) is 1.15. The summed E-state index contributed by atoms with van der Waals surface area (Å²) in [6.07, 6.45) is 3.16. The van der Waals surface area contributed by atoms with E-state index in [9.17, 15) is 9.59 Å². The van der Waals surface area contributed by atoms with Gasteiger partial charge in [0, 0.05) is 25.3 Å². The molecule has 0 unspecified atom stereocenters. The minimum atomic E-state index is -0.260. The van der Waals surface area contributed by atoms with Gasteiger partial charge in [-0.3, -0.25) is 14.5 Å². The predicted molar refractivity (Wildman–Crippen MR) is 51.3 cm³/mol. The van der Waals surface area contributed by atoms with Crippen molar-refractivity contribution in [1.29, 1.82) is 0 Å². The lowest BCUT2D eigenvalue weighted by atomic mass is 9.90. The van der Waals surface area contributed by atoms with Crippen LogP contribution in [0.2, 0.25) is 0 Å². The number of hydrogen-bond acceptors (Lipinski definition) is 3. The highest BCUT2D eigenvalue weighted by atomic mass is 16.3. The van der Waals surface area contributed by atoms with Gasteiger partial charge in [-0.15, -0.1) is 0 Å². The molecule has 0 radical (unpaired) electrons. The van der Waals surface area contributed by atoms with Crippen LogP contribution in [0.25, 0.3) is 0 Å². The normalized spacial score (nSPS) is 16.9. The van der Waals surface area contributed by atoms with E-state index in [0.29, 0.717) is 13.0 Å². The van der Waals surface area contributed by atoms with E-state index in [2.05, 4.69) is 0 Å². The average Bonchev–Trinajstić information content (AvgIpc) is 2.44. The molecule has 0 bridgehead atoms. The van der Waals surface area contributed by atoms with Crippen molar-refractivity contribution in [3.63, 3.8) is 0 Å². The second kappa shape index (κ2) is 3.92. The number of aliphatic hydroxyl groups excluding tert-OH is 1. The summed E-state index contributed by atoms with van der Waals surface area (Å²) >= 11 is 0. The van der Waals surface area contributed by atoms with Gasteiger partial charge in [0.25, 0.3) is 11.8 Å². The van der Waals surface area contributed by atoms with Gasteiger partial charge in [-0.2, -0.15) is 0 Å². The summed E-state index contributed by atoms with van der Waals surface area (Å²) in [5, 5.41) is 9.00. The second-order valence-corrected chi connectivity index (χ2v) is 4.23. The van der Waals surface area contributed by atoms with Gasteiger partial charge >= 0.3 is 0 Å². The molecule has 1 N–H and O–H groups in total. The van der Waals surface area contributed by atoms with Crippen LogP contribution in [-0.4, -0.2) is 35.0 Å². The molecule has 0 aliphatic carbocycles. The Morgan fingerprint density at radius 3 is 2.21 bits per heavy atom. The molecule has 1 aliphatic heterocycles. The van der Waals surface area contributed by atoms with Crippen LogP contribution in [0.15, 0.2) is 12.2 Å². The largest absolute Gasteiger partial charge is 0.396 e. The molecule has 4 nitrogen and oxygen atoms in total. The third-order valence-corrected chi connectivity index (χ3v) is 2.34. The first kappa shape index (κ1) is 10.9. The molecule has 0 saturated carbocycles. The summed E-state index contributed by atoms with van der Waals surface area (Å²) in [5.41, 5.74) is -0.247. The molecule has 1 rings (SSSR count). The first-order chi connectivity index (χ1) is 6.46. The first-order valence-corrected chi connectivity index (χ1v) is 4.61. The zero-order chi connectivity index (χ0) is 10.8. The first-order valence-electron chi connectivity index (χ1n) is 4.61. The van der Waals surface area contributed by atoms with Crippen LogP contribution in [0, 0.1) is 5.41 Å². The predicted octanol–water partition coefficient (Wildman–Crippen LogP) is 0.320. The Kier molecular flexibility index (Phi) is 3.06. The quantitative estimate of drug-likeness (QED) is 0.660. The van der Waals surface area contributed by atoms with Gasteiger partial charge in [-0.25, -0.2) is 0 Å². The van der Waals surface area contributed by atoms with Crippen molar-refractivity contribution in [3.8, 4) is 0 Å². The highest BCUT2D eigenvalue weighted by Gasteiger charge is 2.26. The second-order valence-electron chi connectivity index (χ2n) is 4.23. The van der Waals surface area contributed by atoms with Crippen LogP contribution in [0.3, 0.4) is 0 Å². The van der Waals surface area contributed by atoms with E-state index in [1.165, 1.54) is 17.1 Å². The molecular formula is C10H15NO3. The van der Waals surface area contributed by atoms with Crippen molar-refractivity contribution in [2.45, 2.75) is 20.3 Å². The number of nitrogens with zero attached hydrogens (tertiary/aromatic N) is 1. The Labute approximate surface area is 83.2 Å². The minimum Gasteiger partial charge on any atom is -0.396 e. The number of rotatable bonds is 4. The molecular weight excluding hydrogens is 182 g/mol. The fourth-order valence-corrected chi connectivity index (χ4v) is 1.15. The van der Waals surface area contributed by atoms with E-state index < -0.39 is 0 Å². The number of carbonyl (C=O) groups excluding carboxylic acids is 2. The van der Waals surface area contributed by atoms with Gasteiger partial charge in [0.15, 0.2) is 0 Å². The van der Waals surface area contributed by atoms with Crippen molar-refractivity contribution in [2.75, 3.05) is 13.2 Å². The van der Waals surface area contributed by atoms with Crippen molar-refractivity contribution in [2.24, 2.45) is 5.41 Å². The zero-order valence-corrected chi connectivity index (χ0v) is 8.49. The van der Waals surface area contributed by atoms with Crippen molar-refractivity contribution in [3.05, 3.63) is 12.2 Å². The van der Waals surface area contributed by atoms with Gasteiger partial charge in [0.1, 0.15) is 0 Å². The number of carbonyl (C=O) groups is 2. The lowest BCUT2D eigenvalue weighted by Gasteiger charge is -2.24. The summed E-state index contributed by atoms with van der Waals surface area (Å²) < 4.78 is 0. The Balaban J connectivity index is 2.47. The molecule has 2 amide bonds. The van der Waals surface area contributed by atoms with Crippen LogP contribution >= 0.6 is 0 Å². The van der Waals surface area contributed by atoms with Crippen molar-refractivity contribution in [1.82, 2.24) is 4.90 Å². The van der Waals surface area contributed by atoms with Gasteiger partial charge < -0.3 is 5.11 Å². The summed E-state index contributed by atoms with van der Waals surface area (Å²) in [6, 6.07) is 0. The summed E-state index contributed by atoms with van der Waals surface area (Å²) in [4.78, 5) is 23.5. The third kappa shape index (κ3) is 2.42. The lowest BCUT2D eigenvalue weighted by Crippen LogP contribution is -2.34. The van der Waals surface area contributed by atoms with Crippen molar-refractivity contribution < 1.29 is 14.7 Å². The Morgan fingerprint density at radius 1 is 1.29 bits per heavy atom. The monoisotopic (exact) mass is 197 g/mol. The maximum atomic E-state index is 11.1. The summed E-state index contributed by atoms with van der Waals surface area (Å²) in [5.74, 6) is -0.521. The van der Waals surface area contributed by atoms with Crippen LogP contribution in [0.5, 0.6) is 0 Å². The summed E-state index contributed by atoms with van der Waals surface area (Å²) in [6.45, 7) is 4.21. The standard InChI is InChI=1S/C10H15NO3/c1-10(2,7-12)5-6-11-8(13)3-4-9(11)14/h3-4,12H,5-7H2,1-2H3. The molecule has 0 fully saturated rings. The van der Waals surface area contributed by atoms with E-state index in [0.717, 1.165) is 0 Å². The number of imide groups is 1. The SMILES string of the molecule is CC(C)(CO)CCN1C(=O)C=CC1=O. The molecule has 0 aromatic carbocycles. The Hall–Kier alpha value is -1.16. The zero-order valence-electron chi connectivity index (χ0n) is 8.49. The van der Waals surface area contributed by atoms with E-state index in [1.54, 1.807) is 0 Å². The molecule has 78 valence electrons. The smallest absolute Gasteiger partial charge is 0.253 e. The van der Waals surface area contributed by atoms with E-state index >= 15 is 0 Å². The highest BCUT2D eigenvalue weighted by Crippen LogP contribution is 2.20. The number of aliphatic hydroxyl groups is 1. The molecule has 1 aliphatic rings.